The first kappa shape index (κ1) is 34.7. The molecule has 7 rings (SSSR count). The van der Waals surface area contributed by atoms with Crippen LogP contribution in [0.2, 0.25) is 0 Å². The van der Waals surface area contributed by atoms with Gasteiger partial charge in [-0.2, -0.15) is 0 Å². The lowest BCUT2D eigenvalue weighted by Crippen LogP contribution is -2.64. The average molecular weight is 664 g/mol. The first-order valence-corrected chi connectivity index (χ1v) is 18.7. The van der Waals surface area contributed by atoms with E-state index in [-0.39, 0.29) is 53.6 Å². The molecule has 7 aliphatic rings. The maximum Gasteiger partial charge on any atom is 0.315 e. The molecule has 7 fully saturated rings. The number of allylic oxidation sites excluding steroid dienone is 1. The molecular formula is C38H57N5O5. The van der Waals surface area contributed by atoms with Gasteiger partial charge in [0.15, 0.2) is 0 Å². The minimum absolute atomic E-state index is 0.00295. The van der Waals surface area contributed by atoms with Crippen molar-refractivity contribution in [2.24, 2.45) is 40.9 Å². The Morgan fingerprint density at radius 2 is 1.50 bits per heavy atom. The highest BCUT2D eigenvalue weighted by Crippen LogP contribution is 2.65. The topological polar surface area (TPSA) is 137 Å². The summed E-state index contributed by atoms with van der Waals surface area (Å²) < 4.78 is 0. The van der Waals surface area contributed by atoms with Crippen LogP contribution in [-0.2, 0) is 19.2 Å². The molecule has 6 saturated carbocycles. The van der Waals surface area contributed by atoms with Gasteiger partial charge in [-0.25, -0.2) is 4.79 Å². The third-order valence-electron chi connectivity index (χ3n) is 13.0. The fraction of sp³-hybridized carbons (Fsp3) is 0.763. The predicted molar refractivity (Wildman–Crippen MR) is 183 cm³/mol. The number of ketones is 1. The van der Waals surface area contributed by atoms with Crippen LogP contribution in [0.5, 0.6) is 0 Å². The Morgan fingerprint density at radius 3 is 2.10 bits per heavy atom. The summed E-state index contributed by atoms with van der Waals surface area (Å²) in [4.78, 5) is 70.2. The second kappa shape index (κ2) is 14.0. The molecule has 4 N–H and O–H groups in total. The molecule has 264 valence electrons. The number of rotatable bonds is 14. The fourth-order valence-electron chi connectivity index (χ4n) is 10.9. The fourth-order valence-corrected chi connectivity index (χ4v) is 10.9. The summed E-state index contributed by atoms with van der Waals surface area (Å²) in [6.07, 6.45) is 16.3. The maximum absolute atomic E-state index is 14.6. The van der Waals surface area contributed by atoms with Crippen molar-refractivity contribution < 1.29 is 24.0 Å². The normalized spacial score (nSPS) is 33.9. The number of urea groups is 1. The van der Waals surface area contributed by atoms with E-state index in [2.05, 4.69) is 48.3 Å². The number of hydrogen-bond donors (Lipinski definition) is 4. The molecule has 4 bridgehead atoms. The smallest absolute Gasteiger partial charge is 0.315 e. The molecule has 1 unspecified atom stereocenters. The third-order valence-corrected chi connectivity index (χ3v) is 13.0. The highest BCUT2D eigenvalue weighted by Gasteiger charge is 2.70. The number of nitrogens with one attached hydrogen (secondary N) is 4. The lowest BCUT2D eigenvalue weighted by atomic mass is 9.53. The number of carbonyl (C=O) groups is 5. The number of nitrogens with zero attached hydrogens (tertiary/aromatic N) is 1. The Morgan fingerprint density at radius 1 is 0.875 bits per heavy atom. The van der Waals surface area contributed by atoms with E-state index >= 15 is 0 Å². The van der Waals surface area contributed by atoms with Crippen LogP contribution in [0.3, 0.4) is 0 Å². The summed E-state index contributed by atoms with van der Waals surface area (Å²) >= 11 is 0. The summed E-state index contributed by atoms with van der Waals surface area (Å²) in [5, 5.41) is 12.1. The van der Waals surface area contributed by atoms with Crippen molar-refractivity contribution in [3.8, 4) is 0 Å². The number of amides is 5. The zero-order valence-electron chi connectivity index (χ0n) is 29.1. The highest BCUT2D eigenvalue weighted by molar-refractivity contribution is 6.38. The molecule has 1 heterocycles. The minimum atomic E-state index is -1.03. The van der Waals surface area contributed by atoms with Crippen molar-refractivity contribution in [3.63, 3.8) is 0 Å². The third kappa shape index (κ3) is 6.95. The van der Waals surface area contributed by atoms with Gasteiger partial charge in [-0.15, -0.1) is 13.2 Å². The number of fused-ring (bicyclic) bond motifs is 1. The van der Waals surface area contributed by atoms with E-state index < -0.39 is 35.7 Å². The van der Waals surface area contributed by atoms with Gasteiger partial charge in [-0.3, -0.25) is 19.2 Å². The summed E-state index contributed by atoms with van der Waals surface area (Å²) in [7, 11) is 0. The van der Waals surface area contributed by atoms with E-state index in [1.807, 2.05) is 0 Å². The largest absolute Gasteiger partial charge is 0.349 e. The van der Waals surface area contributed by atoms with Crippen molar-refractivity contribution in [1.29, 1.82) is 0 Å². The van der Waals surface area contributed by atoms with Crippen molar-refractivity contribution in [2.75, 3.05) is 13.1 Å². The summed E-state index contributed by atoms with van der Waals surface area (Å²) in [5.41, 5.74) is -0.309. The predicted octanol–water partition coefficient (Wildman–Crippen LogP) is 4.40. The molecule has 0 aromatic rings. The molecule has 1 saturated heterocycles. The molecular weight excluding hydrogens is 606 g/mol. The molecule has 5 atom stereocenters. The van der Waals surface area contributed by atoms with Crippen LogP contribution in [-0.4, -0.2) is 71.2 Å². The first-order chi connectivity index (χ1) is 23.0. The molecule has 0 radical (unpaired) electrons. The van der Waals surface area contributed by atoms with E-state index in [1.165, 1.54) is 19.3 Å². The first-order valence-electron chi connectivity index (χ1n) is 18.7. The number of Topliss-reactive ketones (excluding diaryl/α,β-unsaturated/α-hetero) is 1. The summed E-state index contributed by atoms with van der Waals surface area (Å²) in [6.45, 7) is 12.3. The van der Waals surface area contributed by atoms with Gasteiger partial charge in [0.25, 0.3) is 5.91 Å². The number of carbonyl (C=O) groups excluding carboxylic acids is 5. The van der Waals surface area contributed by atoms with E-state index in [1.54, 1.807) is 17.1 Å². The second-order valence-corrected chi connectivity index (χ2v) is 16.7. The van der Waals surface area contributed by atoms with Crippen LogP contribution in [0.25, 0.3) is 0 Å². The van der Waals surface area contributed by atoms with Gasteiger partial charge in [-0.05, 0) is 112 Å². The Labute approximate surface area is 286 Å². The number of hydrogen-bond acceptors (Lipinski definition) is 5. The van der Waals surface area contributed by atoms with Crippen LogP contribution in [0.4, 0.5) is 4.79 Å². The number of likely N-dealkylation sites (tertiary alicyclic amines) is 1. The van der Waals surface area contributed by atoms with Crippen LogP contribution < -0.4 is 21.3 Å². The number of piperidine rings is 1. The Balaban J connectivity index is 1.18. The zero-order valence-corrected chi connectivity index (χ0v) is 29.1. The molecule has 0 spiro atoms. The van der Waals surface area contributed by atoms with Crippen LogP contribution in [0, 0.1) is 40.9 Å². The molecule has 10 heteroatoms. The minimum Gasteiger partial charge on any atom is -0.349 e. The average Bonchev–Trinajstić information content (AvgIpc) is 3.35. The Hall–Kier alpha value is -3.17. The van der Waals surface area contributed by atoms with E-state index in [0.29, 0.717) is 37.1 Å². The summed E-state index contributed by atoms with van der Waals surface area (Å²) in [5.74, 6) is 0.0697. The van der Waals surface area contributed by atoms with E-state index in [9.17, 15) is 24.0 Å². The lowest BCUT2D eigenvalue weighted by Gasteiger charge is -2.56. The SMILES string of the molecule is C=CCCNC(=O)C(=O)C(CCC=C)NC(=O)[C@@H]1[C@@H]2[C@H](CN1C(=O)[C@@H](NC(=O)NC13CC4CC(CC(C4)C1)C3)C1CCCCC1)C2(C)C. The van der Waals surface area contributed by atoms with Gasteiger partial charge in [0, 0.05) is 18.6 Å². The van der Waals surface area contributed by atoms with Gasteiger partial charge in [0.05, 0.1) is 6.04 Å². The Bertz CT molecular complexity index is 1270. The van der Waals surface area contributed by atoms with Gasteiger partial charge < -0.3 is 26.2 Å². The molecule has 1 aliphatic heterocycles. The Kier molecular flexibility index (Phi) is 10.1. The van der Waals surface area contributed by atoms with Gasteiger partial charge in [0.2, 0.25) is 17.6 Å². The standard InChI is InChI=1S/C38H57N5O5/c1-5-7-14-28(32(44)34(46)39-15-8-6-2)40-33(45)31-29-27(37(29,3)4)22-43(31)35(47)30(26-12-10-9-11-13-26)41-36(48)42-38-19-23-16-24(20-38)18-25(17-23)21-38/h5-6,23-31H,1-2,7-22H2,3-4H3,(H,39,46)(H,40,45)(H2,41,42,48)/t23?,24?,25?,27-,28?,29-,30-,31-,38?/m0/s1. The molecule has 48 heavy (non-hydrogen) atoms. The van der Waals surface area contributed by atoms with Gasteiger partial charge in [0.1, 0.15) is 12.1 Å². The molecule has 0 aromatic carbocycles. The van der Waals surface area contributed by atoms with Crippen molar-refractivity contribution in [3.05, 3.63) is 25.3 Å². The maximum atomic E-state index is 14.6. The molecule has 10 nitrogen and oxygen atoms in total. The van der Waals surface area contributed by atoms with Gasteiger partial charge in [-0.1, -0.05) is 45.3 Å². The molecule has 6 aliphatic carbocycles. The van der Waals surface area contributed by atoms with Crippen LogP contribution in [0.1, 0.15) is 104 Å². The highest BCUT2D eigenvalue weighted by atomic mass is 16.2. The quantitative estimate of drug-likeness (QED) is 0.124. The van der Waals surface area contributed by atoms with Crippen molar-refractivity contribution in [1.82, 2.24) is 26.2 Å². The van der Waals surface area contributed by atoms with Crippen LogP contribution >= 0.6 is 0 Å². The van der Waals surface area contributed by atoms with E-state index in [4.69, 9.17) is 0 Å². The van der Waals surface area contributed by atoms with Crippen molar-refractivity contribution >= 4 is 29.5 Å². The molecule has 0 aromatic heterocycles. The zero-order chi connectivity index (χ0) is 34.2. The van der Waals surface area contributed by atoms with E-state index in [0.717, 1.165) is 51.4 Å². The monoisotopic (exact) mass is 663 g/mol. The van der Waals surface area contributed by atoms with Crippen LogP contribution in [0.15, 0.2) is 25.3 Å². The van der Waals surface area contributed by atoms with Crippen molar-refractivity contribution in [2.45, 2.75) is 127 Å². The lowest BCUT2D eigenvalue weighted by molar-refractivity contribution is -0.144. The summed E-state index contributed by atoms with van der Waals surface area (Å²) in [6, 6.07) is -2.79. The van der Waals surface area contributed by atoms with Gasteiger partial charge >= 0.3 is 6.03 Å². The second-order valence-electron chi connectivity index (χ2n) is 16.7. The molecule has 5 amide bonds.